The highest BCUT2D eigenvalue weighted by molar-refractivity contribution is 8.00. The number of hydrogen-bond donors (Lipinski definition) is 1. The predicted octanol–water partition coefficient (Wildman–Crippen LogP) is 3.19. The fourth-order valence-electron chi connectivity index (χ4n) is 2.32. The summed E-state index contributed by atoms with van der Waals surface area (Å²) in [6.07, 6.45) is 1.15. The van der Waals surface area contributed by atoms with Crippen molar-refractivity contribution in [2.75, 3.05) is 29.5 Å². The molecule has 1 heterocycles. The number of nitrogens with zero attached hydrogens (tertiary/aromatic N) is 1. The summed E-state index contributed by atoms with van der Waals surface area (Å²) in [6.45, 7) is 8.21. The van der Waals surface area contributed by atoms with Crippen molar-refractivity contribution in [3.8, 4) is 0 Å². The summed E-state index contributed by atoms with van der Waals surface area (Å²) in [6, 6.07) is 5.79. The second kappa shape index (κ2) is 5.45. The highest BCUT2D eigenvalue weighted by Crippen LogP contribution is 2.33. The molecule has 1 aliphatic heterocycles. The molecule has 0 bridgehead atoms. The van der Waals surface area contributed by atoms with Crippen molar-refractivity contribution >= 4 is 28.9 Å². The summed E-state index contributed by atoms with van der Waals surface area (Å²) in [5.41, 5.74) is 8.16. The van der Waals surface area contributed by atoms with Crippen LogP contribution in [0.25, 0.3) is 0 Å². The highest BCUT2D eigenvalue weighted by Gasteiger charge is 2.24. The summed E-state index contributed by atoms with van der Waals surface area (Å²) in [5, 5.41) is 0. The number of thioether (sulfide) groups is 1. The molecule has 1 saturated heterocycles. The first-order chi connectivity index (χ1) is 8.89. The van der Waals surface area contributed by atoms with Crippen LogP contribution in [0.15, 0.2) is 18.2 Å². The lowest BCUT2D eigenvalue weighted by Crippen LogP contribution is -2.27. The molecular weight excluding hydrogens is 256 g/mol. The molecule has 0 spiro atoms. The molecule has 0 saturated carbocycles. The Labute approximate surface area is 119 Å². The number of carbonyl (C=O) groups excluding carboxylic acids is 1. The summed E-state index contributed by atoms with van der Waals surface area (Å²) in [7, 11) is 0. The van der Waals surface area contributed by atoms with Gasteiger partial charge >= 0.3 is 0 Å². The van der Waals surface area contributed by atoms with E-state index in [2.05, 4.69) is 18.7 Å². The molecule has 1 fully saturated rings. The molecule has 0 aliphatic carbocycles. The standard InChI is InChI=1S/C15H22N2OS/c1-11(18)13-10-12(4-5-14(13)16)17-7-6-15(2,3)19-9-8-17/h4-5,10H,6-9,16H2,1-3H3. The number of benzene rings is 1. The Balaban J connectivity index is 2.22. The number of carbonyl (C=O) groups is 1. The highest BCUT2D eigenvalue weighted by atomic mass is 32.2. The van der Waals surface area contributed by atoms with Gasteiger partial charge in [-0.2, -0.15) is 11.8 Å². The van der Waals surface area contributed by atoms with Crippen LogP contribution < -0.4 is 10.6 Å². The molecule has 0 atom stereocenters. The predicted molar refractivity (Wildman–Crippen MR) is 84.2 cm³/mol. The molecule has 4 heteroatoms. The fourth-order valence-corrected chi connectivity index (χ4v) is 3.42. The summed E-state index contributed by atoms with van der Waals surface area (Å²) >= 11 is 2.02. The number of nitrogens with two attached hydrogens (primary N) is 1. The first kappa shape index (κ1) is 14.3. The van der Waals surface area contributed by atoms with E-state index in [1.165, 1.54) is 0 Å². The topological polar surface area (TPSA) is 46.3 Å². The smallest absolute Gasteiger partial charge is 0.161 e. The lowest BCUT2D eigenvalue weighted by Gasteiger charge is -2.24. The number of nitrogen functional groups attached to an aromatic ring is 1. The average Bonchev–Trinajstić information content (AvgIpc) is 2.51. The second-order valence-corrected chi connectivity index (χ2v) is 7.48. The van der Waals surface area contributed by atoms with Crippen LogP contribution in [0.5, 0.6) is 0 Å². The Morgan fingerprint density at radius 3 is 2.79 bits per heavy atom. The van der Waals surface area contributed by atoms with Gasteiger partial charge in [-0.25, -0.2) is 0 Å². The van der Waals surface area contributed by atoms with Gasteiger partial charge in [-0.15, -0.1) is 0 Å². The maximum absolute atomic E-state index is 11.6. The van der Waals surface area contributed by atoms with Crippen LogP contribution in [-0.4, -0.2) is 29.4 Å². The minimum Gasteiger partial charge on any atom is -0.398 e. The van der Waals surface area contributed by atoms with Gasteiger partial charge < -0.3 is 10.6 Å². The van der Waals surface area contributed by atoms with E-state index in [-0.39, 0.29) is 5.78 Å². The lowest BCUT2D eigenvalue weighted by atomic mass is 10.1. The molecule has 104 valence electrons. The maximum atomic E-state index is 11.6. The van der Waals surface area contributed by atoms with Crippen molar-refractivity contribution in [2.45, 2.75) is 31.9 Å². The molecule has 3 nitrogen and oxygen atoms in total. The Kier molecular flexibility index (Phi) is 4.09. The number of hydrogen-bond acceptors (Lipinski definition) is 4. The van der Waals surface area contributed by atoms with E-state index in [4.69, 9.17) is 5.73 Å². The van der Waals surface area contributed by atoms with Gasteiger partial charge in [0, 0.05) is 40.5 Å². The van der Waals surface area contributed by atoms with Crippen LogP contribution >= 0.6 is 11.8 Å². The minimum atomic E-state index is 0.0314. The van der Waals surface area contributed by atoms with Crippen LogP contribution in [-0.2, 0) is 0 Å². The van der Waals surface area contributed by atoms with Crippen molar-refractivity contribution in [1.82, 2.24) is 0 Å². The van der Waals surface area contributed by atoms with Gasteiger partial charge in [-0.05, 0) is 31.5 Å². The van der Waals surface area contributed by atoms with Gasteiger partial charge in [0.2, 0.25) is 0 Å². The summed E-state index contributed by atoms with van der Waals surface area (Å²) in [5.74, 6) is 1.15. The van der Waals surface area contributed by atoms with Crippen LogP contribution in [0.4, 0.5) is 11.4 Å². The Morgan fingerprint density at radius 2 is 2.11 bits per heavy atom. The van der Waals surface area contributed by atoms with Crippen molar-refractivity contribution in [1.29, 1.82) is 0 Å². The zero-order valence-electron chi connectivity index (χ0n) is 11.9. The van der Waals surface area contributed by atoms with Gasteiger partial charge in [0.25, 0.3) is 0 Å². The molecule has 0 aromatic heterocycles. The molecule has 0 unspecified atom stereocenters. The number of Topliss-reactive ketones (excluding diaryl/α,β-unsaturated/α-hetero) is 1. The van der Waals surface area contributed by atoms with Crippen LogP contribution in [0.1, 0.15) is 37.6 Å². The Bertz CT molecular complexity index is 485. The zero-order valence-corrected chi connectivity index (χ0v) is 12.7. The van der Waals surface area contributed by atoms with E-state index in [1.807, 2.05) is 30.0 Å². The van der Waals surface area contributed by atoms with Gasteiger partial charge in [-0.3, -0.25) is 4.79 Å². The summed E-state index contributed by atoms with van der Waals surface area (Å²) in [4.78, 5) is 13.9. The Hall–Kier alpha value is -1.16. The van der Waals surface area contributed by atoms with E-state index in [0.29, 0.717) is 16.0 Å². The van der Waals surface area contributed by atoms with Gasteiger partial charge in [0.1, 0.15) is 0 Å². The van der Waals surface area contributed by atoms with Crippen molar-refractivity contribution in [3.05, 3.63) is 23.8 Å². The molecule has 1 aromatic rings. The third-order valence-electron chi connectivity index (χ3n) is 3.62. The third-order valence-corrected chi connectivity index (χ3v) is 4.99. The van der Waals surface area contributed by atoms with Gasteiger partial charge in [0.15, 0.2) is 5.78 Å². The van der Waals surface area contributed by atoms with E-state index < -0.39 is 0 Å². The van der Waals surface area contributed by atoms with Crippen molar-refractivity contribution in [2.24, 2.45) is 0 Å². The SMILES string of the molecule is CC(=O)c1cc(N2CCSC(C)(C)CC2)ccc1N. The van der Waals surface area contributed by atoms with Crippen LogP contribution in [0, 0.1) is 0 Å². The van der Waals surface area contributed by atoms with Gasteiger partial charge in [0.05, 0.1) is 0 Å². The Morgan fingerprint density at radius 1 is 1.37 bits per heavy atom. The molecule has 19 heavy (non-hydrogen) atoms. The molecule has 1 aromatic carbocycles. The quantitative estimate of drug-likeness (QED) is 0.666. The molecule has 0 amide bonds. The molecule has 2 rings (SSSR count). The first-order valence-corrected chi connectivity index (χ1v) is 7.67. The molecule has 2 N–H and O–H groups in total. The van der Waals surface area contributed by atoms with Crippen LogP contribution in [0.3, 0.4) is 0 Å². The third kappa shape index (κ3) is 3.44. The molecular formula is C15H22N2OS. The average molecular weight is 278 g/mol. The van der Waals surface area contributed by atoms with Crippen molar-refractivity contribution in [3.63, 3.8) is 0 Å². The number of ketones is 1. The normalized spacial score (nSPS) is 19.0. The van der Waals surface area contributed by atoms with E-state index in [1.54, 1.807) is 6.92 Å². The fraction of sp³-hybridized carbons (Fsp3) is 0.533. The van der Waals surface area contributed by atoms with E-state index in [0.717, 1.165) is 31.0 Å². The second-order valence-electron chi connectivity index (χ2n) is 5.67. The number of rotatable bonds is 2. The molecule has 0 radical (unpaired) electrons. The van der Waals surface area contributed by atoms with E-state index in [9.17, 15) is 4.79 Å². The molecule has 1 aliphatic rings. The van der Waals surface area contributed by atoms with Crippen molar-refractivity contribution < 1.29 is 4.79 Å². The largest absolute Gasteiger partial charge is 0.398 e. The zero-order chi connectivity index (χ0) is 14.0. The van der Waals surface area contributed by atoms with E-state index >= 15 is 0 Å². The minimum absolute atomic E-state index is 0.0314. The lowest BCUT2D eigenvalue weighted by molar-refractivity contribution is 0.101. The number of anilines is 2. The monoisotopic (exact) mass is 278 g/mol. The maximum Gasteiger partial charge on any atom is 0.161 e. The van der Waals surface area contributed by atoms with Crippen LogP contribution in [0.2, 0.25) is 0 Å². The first-order valence-electron chi connectivity index (χ1n) is 6.68. The summed E-state index contributed by atoms with van der Waals surface area (Å²) < 4.78 is 0.339. The van der Waals surface area contributed by atoms with Gasteiger partial charge in [-0.1, -0.05) is 13.8 Å².